The second-order valence-corrected chi connectivity index (χ2v) is 10.2. The normalized spacial score (nSPS) is 33.6. The first-order valence-corrected chi connectivity index (χ1v) is 11.8. The number of carbonyl (C=O) groups excluding carboxylic acids is 1. The summed E-state index contributed by atoms with van der Waals surface area (Å²) in [6, 6.07) is 17.1. The minimum Gasteiger partial charge on any atom is -0.390 e. The second-order valence-electron chi connectivity index (χ2n) is 10.2. The van der Waals surface area contributed by atoms with Crippen LogP contribution in [0.15, 0.2) is 72.8 Å². The van der Waals surface area contributed by atoms with E-state index in [2.05, 4.69) is 19.2 Å². The summed E-state index contributed by atoms with van der Waals surface area (Å²) >= 11 is 0. The second kappa shape index (κ2) is 8.17. The van der Waals surface area contributed by atoms with Crippen molar-refractivity contribution in [2.75, 3.05) is 0 Å². The molecule has 2 aromatic rings. The van der Waals surface area contributed by atoms with Crippen LogP contribution in [0, 0.1) is 5.41 Å². The van der Waals surface area contributed by atoms with Crippen LogP contribution in [-0.2, 0) is 21.1 Å². The van der Waals surface area contributed by atoms with Gasteiger partial charge in [-0.1, -0.05) is 62.4 Å². The molecule has 0 aromatic heterocycles. The number of ether oxygens (including phenoxy) is 1. The fraction of sp³-hybridized carbons (Fsp3) is 0.393. The lowest BCUT2D eigenvalue weighted by atomic mass is 9.56. The number of nitrogens with one attached hydrogen (secondary N) is 1. The fourth-order valence-corrected chi connectivity index (χ4v) is 5.37. The number of amides is 1. The van der Waals surface area contributed by atoms with E-state index in [9.17, 15) is 9.90 Å². The molecule has 1 amide bonds. The summed E-state index contributed by atoms with van der Waals surface area (Å²) in [5.74, 6) is -1.35. The molecule has 4 aliphatic rings. The van der Waals surface area contributed by atoms with Crippen molar-refractivity contribution in [3.8, 4) is 0 Å². The lowest BCUT2D eigenvalue weighted by Gasteiger charge is -2.65. The van der Waals surface area contributed by atoms with Gasteiger partial charge in [0.1, 0.15) is 5.60 Å². The molecule has 2 N–H and O–H groups in total. The predicted octanol–water partition coefficient (Wildman–Crippen LogP) is 4.55. The molecular formula is C28H31NO5. The third-order valence-corrected chi connectivity index (χ3v) is 7.62. The van der Waals surface area contributed by atoms with Crippen molar-refractivity contribution in [3.63, 3.8) is 0 Å². The third-order valence-electron chi connectivity index (χ3n) is 7.62. The lowest BCUT2D eigenvalue weighted by Crippen LogP contribution is -2.77. The van der Waals surface area contributed by atoms with Crippen LogP contribution < -0.4 is 5.32 Å². The molecular weight excluding hydrogens is 430 g/mol. The Labute approximate surface area is 200 Å². The molecule has 2 aromatic carbocycles. The number of aliphatic hydroxyl groups is 1. The number of rotatable bonds is 5. The van der Waals surface area contributed by atoms with E-state index >= 15 is 0 Å². The summed E-state index contributed by atoms with van der Waals surface area (Å²) in [6.45, 7) is 6.60. The number of hydrogen-bond donors (Lipinski definition) is 2. The monoisotopic (exact) mass is 461 g/mol. The molecule has 6 nitrogen and oxygen atoms in total. The molecule has 3 aliphatic heterocycles. The Bertz CT molecular complexity index is 1130. The highest BCUT2D eigenvalue weighted by atomic mass is 17.3. The van der Waals surface area contributed by atoms with Gasteiger partial charge in [-0.3, -0.25) is 4.79 Å². The molecule has 2 bridgehead atoms. The summed E-state index contributed by atoms with van der Waals surface area (Å²) in [4.78, 5) is 24.2. The molecule has 4 atom stereocenters. The highest BCUT2D eigenvalue weighted by molar-refractivity contribution is 5.94. The summed E-state index contributed by atoms with van der Waals surface area (Å²) in [5.41, 5.74) is 0.461. The molecule has 6 heteroatoms. The van der Waals surface area contributed by atoms with Gasteiger partial charge in [-0.15, -0.1) is 0 Å². The zero-order valence-corrected chi connectivity index (χ0v) is 19.8. The highest BCUT2D eigenvalue weighted by Gasteiger charge is 2.71. The smallest absolute Gasteiger partial charge is 0.251 e. The first kappa shape index (κ1) is 23.0. The topological polar surface area (TPSA) is 77.0 Å². The van der Waals surface area contributed by atoms with Gasteiger partial charge in [-0.2, -0.15) is 4.89 Å². The van der Waals surface area contributed by atoms with Gasteiger partial charge < -0.3 is 15.2 Å². The van der Waals surface area contributed by atoms with E-state index < -0.39 is 23.1 Å². The number of benzene rings is 2. The minimum absolute atomic E-state index is 0.126. The molecule has 2 fully saturated rings. The van der Waals surface area contributed by atoms with Crippen LogP contribution in [0.2, 0.25) is 0 Å². The van der Waals surface area contributed by atoms with Crippen molar-refractivity contribution in [2.24, 2.45) is 5.41 Å². The van der Waals surface area contributed by atoms with Crippen LogP contribution in [0.25, 0.3) is 6.08 Å². The SMILES string of the molecule is CC1(C)CC[C@@H](O)[C@]2(C)O[C@@]3(/C=C/c4ccc(C(=O)NCc5ccccc5)cc4)C=C[C@@]12OO3. The largest absolute Gasteiger partial charge is 0.390 e. The summed E-state index contributed by atoms with van der Waals surface area (Å²) in [7, 11) is 0. The van der Waals surface area contributed by atoms with E-state index in [1.807, 2.05) is 67.6 Å². The van der Waals surface area contributed by atoms with Gasteiger partial charge in [0, 0.05) is 17.5 Å². The maximum Gasteiger partial charge on any atom is 0.251 e. The quantitative estimate of drug-likeness (QED) is 0.505. The van der Waals surface area contributed by atoms with Crippen molar-refractivity contribution < 1.29 is 24.4 Å². The van der Waals surface area contributed by atoms with E-state index in [1.165, 1.54) is 0 Å². The Morgan fingerprint density at radius 1 is 1.06 bits per heavy atom. The average molecular weight is 462 g/mol. The van der Waals surface area contributed by atoms with Crippen molar-refractivity contribution in [1.82, 2.24) is 5.32 Å². The van der Waals surface area contributed by atoms with Crippen LogP contribution >= 0.6 is 0 Å². The Morgan fingerprint density at radius 2 is 1.79 bits per heavy atom. The zero-order chi connectivity index (χ0) is 24.0. The Morgan fingerprint density at radius 3 is 2.47 bits per heavy atom. The maximum absolute atomic E-state index is 12.5. The van der Waals surface area contributed by atoms with Crippen molar-refractivity contribution in [2.45, 2.75) is 63.3 Å². The minimum atomic E-state index is -1.23. The molecule has 1 saturated heterocycles. The van der Waals surface area contributed by atoms with E-state index in [-0.39, 0.29) is 11.3 Å². The molecule has 1 saturated carbocycles. The molecule has 178 valence electrons. The van der Waals surface area contributed by atoms with Gasteiger partial charge in [0.2, 0.25) is 5.79 Å². The summed E-state index contributed by atoms with van der Waals surface area (Å²) in [6.07, 6.45) is 8.26. The Kier molecular flexibility index (Phi) is 5.52. The standard InChI is InChI=1S/C28H31NO5/c1-25(2)15-14-23(30)26(3)28(25)18-17-27(32-26,33-34-28)16-13-20-9-11-22(12-10-20)24(31)29-19-21-7-5-4-6-8-21/h4-13,16-18,23,30H,14-15,19H2,1-3H3,(H,29,31)/b16-13+/t23-,26+,27-,28-/m1/s1. The van der Waals surface area contributed by atoms with E-state index in [4.69, 9.17) is 14.5 Å². The molecule has 34 heavy (non-hydrogen) atoms. The first-order valence-electron chi connectivity index (χ1n) is 11.8. The van der Waals surface area contributed by atoms with Crippen LogP contribution in [0.4, 0.5) is 0 Å². The van der Waals surface area contributed by atoms with Gasteiger partial charge >= 0.3 is 0 Å². The molecule has 3 heterocycles. The van der Waals surface area contributed by atoms with Crippen LogP contribution in [0.3, 0.4) is 0 Å². The van der Waals surface area contributed by atoms with Crippen molar-refractivity contribution in [1.29, 1.82) is 0 Å². The van der Waals surface area contributed by atoms with Crippen LogP contribution in [0.1, 0.15) is 55.1 Å². The molecule has 6 rings (SSSR count). The van der Waals surface area contributed by atoms with Crippen molar-refractivity contribution in [3.05, 3.63) is 89.5 Å². The number of aliphatic hydroxyl groups excluding tert-OH is 1. The van der Waals surface area contributed by atoms with Gasteiger partial charge in [-0.05, 0) is 61.3 Å². The van der Waals surface area contributed by atoms with Crippen LogP contribution in [-0.4, -0.2) is 34.1 Å². The molecule has 0 unspecified atom stereocenters. The third kappa shape index (κ3) is 3.62. The fourth-order valence-electron chi connectivity index (χ4n) is 5.37. The van der Waals surface area contributed by atoms with E-state index in [1.54, 1.807) is 18.2 Å². The Hall–Kier alpha value is -2.77. The zero-order valence-electron chi connectivity index (χ0n) is 19.8. The van der Waals surface area contributed by atoms with Gasteiger partial charge in [-0.25, -0.2) is 4.89 Å². The van der Waals surface area contributed by atoms with Crippen LogP contribution in [0.5, 0.6) is 0 Å². The highest BCUT2D eigenvalue weighted by Crippen LogP contribution is 2.60. The number of hydrogen-bond acceptors (Lipinski definition) is 5. The first-order chi connectivity index (χ1) is 16.2. The summed E-state index contributed by atoms with van der Waals surface area (Å²) in [5, 5.41) is 13.8. The summed E-state index contributed by atoms with van der Waals surface area (Å²) < 4.78 is 6.43. The van der Waals surface area contributed by atoms with Gasteiger partial charge in [0.25, 0.3) is 5.91 Å². The average Bonchev–Trinajstić information content (AvgIpc) is 2.85. The van der Waals surface area contributed by atoms with E-state index in [0.29, 0.717) is 18.5 Å². The van der Waals surface area contributed by atoms with Gasteiger partial charge in [0.05, 0.1) is 6.10 Å². The Balaban J connectivity index is 1.30. The number of fused-ring (bicyclic) bond motifs is 1. The molecule has 1 spiro atoms. The lowest BCUT2D eigenvalue weighted by molar-refractivity contribution is -0.547. The maximum atomic E-state index is 12.5. The molecule has 0 radical (unpaired) electrons. The number of carbonyl (C=O) groups is 1. The van der Waals surface area contributed by atoms with Gasteiger partial charge in [0.15, 0.2) is 5.60 Å². The predicted molar refractivity (Wildman–Crippen MR) is 128 cm³/mol. The van der Waals surface area contributed by atoms with Crippen molar-refractivity contribution >= 4 is 12.0 Å². The molecule has 1 aliphatic carbocycles. The van der Waals surface area contributed by atoms with E-state index in [0.717, 1.165) is 17.5 Å².